The maximum atomic E-state index is 14.4. The number of aliphatic hydroxyl groups is 2. The van der Waals surface area contributed by atoms with Gasteiger partial charge in [0.05, 0.1) is 41.3 Å². The molecule has 506 valence electrons. The van der Waals surface area contributed by atoms with Crippen LogP contribution in [0.3, 0.4) is 0 Å². The molecule has 7 amide bonds. The first-order chi connectivity index (χ1) is 41.8. The van der Waals surface area contributed by atoms with Gasteiger partial charge >= 0.3 is 16.8 Å². The Labute approximate surface area is 547 Å². The van der Waals surface area contributed by atoms with Crippen LogP contribution in [0.15, 0.2) is 67.8 Å². The van der Waals surface area contributed by atoms with Crippen LogP contribution in [0.4, 0.5) is 0 Å². The molecule has 15 atom stereocenters. The summed E-state index contributed by atoms with van der Waals surface area (Å²) in [6.45, 7) is 19.0. The summed E-state index contributed by atoms with van der Waals surface area (Å²) in [6, 6.07) is 2.65. The van der Waals surface area contributed by atoms with Gasteiger partial charge in [0.15, 0.2) is 6.23 Å². The van der Waals surface area contributed by atoms with Gasteiger partial charge in [-0.05, 0) is 119 Å². The van der Waals surface area contributed by atoms with E-state index in [1.165, 1.54) is 17.8 Å². The number of nitrogens with one attached hydrogen (secondary N) is 1. The number of fused-ring (bicyclic) bond motifs is 7. The number of ether oxygens (including phenoxy) is 1. The number of aliphatic imine (C=N–C) groups is 3. The van der Waals surface area contributed by atoms with Crippen molar-refractivity contribution in [1.82, 2.24) is 14.9 Å². The first-order valence-corrected chi connectivity index (χ1v) is 32.0. The number of aryl methyl sites for hydroxylation is 2. The second kappa shape index (κ2) is 27.8. The number of phosphoric ester groups is 1. The van der Waals surface area contributed by atoms with Gasteiger partial charge < -0.3 is 85.9 Å². The summed E-state index contributed by atoms with van der Waals surface area (Å²) < 4.78 is 31.9. The normalized spacial score (nSPS) is 33.5. The second-order valence-electron chi connectivity index (χ2n) is 27.0. The number of carbonyl (C=O) groups excluding carboxylic acids is 7. The van der Waals surface area contributed by atoms with Crippen LogP contribution in [-0.4, -0.2) is 127 Å². The molecule has 29 heteroatoms. The second-order valence-corrected chi connectivity index (χ2v) is 28.3. The molecule has 6 aliphatic rings. The molecule has 1 aromatic heterocycles. The molecule has 0 aliphatic carbocycles. The van der Waals surface area contributed by atoms with Gasteiger partial charge in [-0.1, -0.05) is 40.7 Å². The average Bonchev–Trinajstić information content (AvgIpc) is 1.53. The summed E-state index contributed by atoms with van der Waals surface area (Å²) in [5.74, 6) is -7.40. The SMILES string of the molecule is C/C1=C2/[N-]C([C@H](CC(N)=O)[C@@]2(C)CCC(=O)NC[C@@H](C)OP(=O)([O-])O[C@H]2[C@@H](O)[C@@H](n3cnc4cc(C)c(C)cc43)O[C@@H]2CO)[C@]2(C)N=C(/C(C)=C3N=C(/C=C4N=C1[C@@H](CCC(N)=O)C\4(C)C)[C@@H](CCC(N)=O)[C@]\3(C)CC(N)=O)[C@@H](CCC(N)=O)[C@]2(C)CC(N)=O.[CH3-].[Co+3]. The fourth-order valence-corrected chi connectivity index (χ4v) is 16.4. The van der Waals surface area contributed by atoms with E-state index in [4.69, 9.17) is 68.5 Å². The topological polar surface area (TPSA) is 465 Å². The third-order valence-corrected chi connectivity index (χ3v) is 21.6. The molecule has 15 N–H and O–H groups in total. The predicted octanol–water partition coefficient (Wildman–Crippen LogP) is 3.76. The molecule has 0 saturated carbocycles. The third kappa shape index (κ3) is 14.1. The van der Waals surface area contributed by atoms with E-state index in [1.807, 2.05) is 80.5 Å². The summed E-state index contributed by atoms with van der Waals surface area (Å²) in [5.41, 5.74) is 36.7. The fraction of sp³-hybridized carbons (Fsp3) is 0.619. The minimum absolute atomic E-state index is 0. The minimum Gasteiger partial charge on any atom is -0.756 e. The average molecular weight is 1340 g/mol. The Balaban J connectivity index is 0.00000672. The summed E-state index contributed by atoms with van der Waals surface area (Å²) in [5, 5.41) is 30.1. The van der Waals surface area contributed by atoms with Gasteiger partial charge in [-0.2, -0.15) is 5.70 Å². The van der Waals surface area contributed by atoms with Crippen molar-refractivity contribution < 1.29 is 83.8 Å². The number of nitrogens with zero attached hydrogens (tertiary/aromatic N) is 6. The number of nitrogens with two attached hydrogens (primary N) is 6. The van der Waals surface area contributed by atoms with Crippen LogP contribution in [0.25, 0.3) is 16.4 Å². The molecule has 2 saturated heterocycles. The van der Waals surface area contributed by atoms with Crippen molar-refractivity contribution in [3.8, 4) is 0 Å². The van der Waals surface area contributed by atoms with E-state index < -0.39 is 143 Å². The Morgan fingerprint density at radius 2 is 1.38 bits per heavy atom. The molecule has 2 unspecified atom stereocenters. The summed E-state index contributed by atoms with van der Waals surface area (Å²) >= 11 is 0. The quantitative estimate of drug-likeness (QED) is 0.0478. The van der Waals surface area contributed by atoms with Crippen molar-refractivity contribution in [2.24, 2.45) is 94.7 Å². The van der Waals surface area contributed by atoms with E-state index in [0.29, 0.717) is 56.4 Å². The Kier molecular flexibility index (Phi) is 22.6. The predicted molar refractivity (Wildman–Crippen MR) is 338 cm³/mol. The monoisotopic (exact) mass is 1340 g/mol. The number of benzene rings is 1. The number of aliphatic hydroxyl groups excluding tert-OH is 2. The number of hydrogen-bond donors (Lipinski definition) is 9. The van der Waals surface area contributed by atoms with Gasteiger partial charge in [0.1, 0.15) is 18.3 Å². The van der Waals surface area contributed by atoms with Crippen LogP contribution in [0, 0.1) is 66.6 Å². The van der Waals surface area contributed by atoms with E-state index in [9.17, 15) is 53.2 Å². The molecule has 0 radical (unpaired) electrons. The van der Waals surface area contributed by atoms with Gasteiger partial charge in [0.25, 0.3) is 7.82 Å². The number of phosphoric acid groups is 1. The maximum Gasteiger partial charge on any atom is 3.00 e. The number of aromatic nitrogens is 2. The minimum atomic E-state index is -5.32. The molecule has 1 aromatic carbocycles. The summed E-state index contributed by atoms with van der Waals surface area (Å²) in [4.78, 5) is 128. The molecule has 7 heterocycles. The summed E-state index contributed by atoms with van der Waals surface area (Å²) in [7, 11) is -5.32. The first kappa shape index (κ1) is 74.5. The van der Waals surface area contributed by atoms with Crippen molar-refractivity contribution in [3.05, 3.63) is 76.6 Å². The van der Waals surface area contributed by atoms with Gasteiger partial charge in [0, 0.05) is 108 Å². The Hall–Kier alpha value is -6.49. The van der Waals surface area contributed by atoms with Crippen molar-refractivity contribution in [2.45, 2.75) is 189 Å². The molecule has 2 fully saturated rings. The Morgan fingerprint density at radius 3 is 1.96 bits per heavy atom. The van der Waals surface area contributed by atoms with Crippen molar-refractivity contribution in [3.63, 3.8) is 0 Å². The van der Waals surface area contributed by atoms with Crippen LogP contribution in [0.2, 0.25) is 0 Å². The molecule has 2 aromatic rings. The van der Waals surface area contributed by atoms with Gasteiger partial charge in [-0.25, -0.2) is 4.98 Å². The van der Waals surface area contributed by atoms with Crippen LogP contribution >= 0.6 is 7.82 Å². The smallest absolute Gasteiger partial charge is 0.756 e. The fourth-order valence-electron chi connectivity index (χ4n) is 15.3. The van der Waals surface area contributed by atoms with E-state index in [2.05, 4.69) is 10.3 Å². The van der Waals surface area contributed by atoms with E-state index >= 15 is 0 Å². The van der Waals surface area contributed by atoms with Crippen LogP contribution in [-0.2, 0) is 68.7 Å². The molecule has 27 nitrogen and oxygen atoms in total. The largest absolute Gasteiger partial charge is 3.00 e. The molecule has 6 aliphatic heterocycles. The van der Waals surface area contributed by atoms with Gasteiger partial charge in [-0.3, -0.25) is 53.1 Å². The molecule has 0 spiro atoms. The standard InChI is InChI=1S/C62H90N13O14P.CH3.Co/c1-29-20-39-40(21-30(29)2)75(28-70-39)57-52(84)53(41(27-76)87-57)89-90(85,86)88-31(3)26-69-49(83)18-19-59(8)37(22-46(66)80)56-62(11)61(10,25-48(68)82)36(14-17-45(65)79)51(74-62)33(5)55-60(9,24-47(67)81)34(12-15-43(63)77)38(71-55)23-42-58(6,7)35(13-16-44(64)78)50(72-42)32(4)54(59)73-56;;/h20-21,23,28,31,34-37,41,52-53,56-57,76,84H,12-19,22,24-27H2,1-11H3,(H15,63,64,65,66,67,68,69,71,72,73,74,77,78,79,80,81,82,83,85,86);1H3;/q;-1;+3/p-2/t31-,34-,35-,36-,37+,41-,52-,53-,56?,57+,59-,60+,61+,62+;;/m1../s1. The zero-order valence-corrected chi connectivity index (χ0v) is 56.4. The molecular weight excluding hydrogens is 1250 g/mol. The van der Waals surface area contributed by atoms with Crippen LogP contribution in [0.5, 0.6) is 0 Å². The van der Waals surface area contributed by atoms with Gasteiger partial charge in [0.2, 0.25) is 41.4 Å². The summed E-state index contributed by atoms with van der Waals surface area (Å²) in [6.07, 6.45) is -4.79. The first-order valence-electron chi connectivity index (χ1n) is 30.5. The van der Waals surface area contributed by atoms with Crippen molar-refractivity contribution >= 4 is 77.3 Å². The zero-order valence-electron chi connectivity index (χ0n) is 54.5. The molecular formula is C63H91CoN13O14P. The number of amides is 7. The zero-order chi connectivity index (χ0) is 66.7. The Bertz CT molecular complexity index is 3540. The number of carbonyl (C=O) groups is 7. The number of rotatable bonds is 26. The Morgan fingerprint density at radius 1 is 0.793 bits per heavy atom. The maximum absolute atomic E-state index is 14.4. The third-order valence-electron chi connectivity index (χ3n) is 20.5. The number of imidazole rings is 1. The van der Waals surface area contributed by atoms with Crippen molar-refractivity contribution in [1.29, 1.82) is 0 Å². The van der Waals surface area contributed by atoms with Crippen molar-refractivity contribution in [2.75, 3.05) is 13.2 Å². The van der Waals surface area contributed by atoms with E-state index in [0.717, 1.165) is 11.1 Å². The van der Waals surface area contributed by atoms with E-state index in [1.54, 1.807) is 6.92 Å². The van der Waals surface area contributed by atoms with E-state index in [-0.39, 0.29) is 101 Å². The number of primary amides is 6. The number of allylic oxidation sites excluding steroid dienone is 6. The van der Waals surface area contributed by atoms with Crippen LogP contribution < -0.4 is 44.6 Å². The molecule has 8 bridgehead atoms. The molecule has 92 heavy (non-hydrogen) atoms. The van der Waals surface area contributed by atoms with Gasteiger partial charge in [-0.15, -0.1) is 0 Å². The number of hydrogen-bond acceptors (Lipinski definition) is 18. The molecule has 8 rings (SSSR count). The van der Waals surface area contributed by atoms with Crippen LogP contribution in [0.1, 0.15) is 150 Å².